The SMILES string of the molecule is CC[C@H]1OC(=O)[C@H](C)C(=O)[C@H](C)[C@@H](O[C@@H]2OC(C)CC(N(C)C)C2O)/C(C)=C/CC[C@H](C)[C@H]2N(CCCCn3cc(-c4cccc(N)c4)nn3)C(=O)O[C@]12C. The maximum absolute atomic E-state index is 14.0. The quantitative estimate of drug-likeness (QED) is 0.106. The lowest BCUT2D eigenvalue weighted by molar-refractivity contribution is -0.267. The summed E-state index contributed by atoms with van der Waals surface area (Å²) in [5, 5.41) is 19.9. The fourth-order valence-corrected chi connectivity index (χ4v) is 8.66. The van der Waals surface area contributed by atoms with E-state index < -0.39 is 60.1 Å². The van der Waals surface area contributed by atoms with Crippen LogP contribution in [0.25, 0.3) is 11.3 Å². The molecule has 0 spiro atoms. The van der Waals surface area contributed by atoms with Gasteiger partial charge in [0.2, 0.25) is 0 Å². The molecule has 0 saturated carbocycles. The maximum atomic E-state index is 14.0. The Hall–Kier alpha value is -3.85. The number of nitrogens with zero attached hydrogens (tertiary/aromatic N) is 5. The minimum atomic E-state index is -1.14. The van der Waals surface area contributed by atoms with Crippen LogP contribution in [0.1, 0.15) is 87.0 Å². The van der Waals surface area contributed by atoms with Crippen LogP contribution in [0.3, 0.4) is 0 Å². The summed E-state index contributed by atoms with van der Waals surface area (Å²) in [7, 11) is 3.82. The zero-order valence-corrected chi connectivity index (χ0v) is 34.0. The van der Waals surface area contributed by atoms with Crippen molar-refractivity contribution in [1.29, 1.82) is 0 Å². The highest BCUT2D eigenvalue weighted by atomic mass is 16.7. The Balaban J connectivity index is 1.35. The van der Waals surface area contributed by atoms with Crippen molar-refractivity contribution in [1.82, 2.24) is 24.8 Å². The standard InChI is InChI=1S/C41H62N6O8/c1-10-33-41(7)37(47(40(51)55-41)20-12-11-19-46-23-31(43-44-46)29-17-14-18-30(42)22-29)25(3)16-13-15-24(2)36(27(5)34(48)28(6)38(50)53-33)54-39-35(49)32(45(8)9)21-26(4)52-39/h14-15,17-18,22-23,25-28,32-33,35-37,39,49H,10-13,16,19-21,42H2,1-9H3/b24-15+/t25-,26?,27-,28+,32?,33+,35?,36-,37+,39-,41+/m0/s1. The number of rotatable bonds is 10. The van der Waals surface area contributed by atoms with Crippen LogP contribution in [0, 0.1) is 17.8 Å². The molecule has 3 aliphatic rings. The van der Waals surface area contributed by atoms with Crippen molar-refractivity contribution in [3.05, 3.63) is 42.1 Å². The third kappa shape index (κ3) is 9.41. The van der Waals surface area contributed by atoms with E-state index in [4.69, 9.17) is 24.7 Å². The first kappa shape index (κ1) is 42.3. The Morgan fingerprint density at radius 2 is 1.84 bits per heavy atom. The molecule has 0 bridgehead atoms. The second kappa shape index (κ2) is 18.0. The molecule has 0 aliphatic carbocycles. The Morgan fingerprint density at radius 3 is 2.53 bits per heavy atom. The van der Waals surface area contributed by atoms with Crippen molar-refractivity contribution < 1.29 is 38.4 Å². The number of ketones is 1. The fourth-order valence-electron chi connectivity index (χ4n) is 8.66. The molecule has 3 aliphatic heterocycles. The van der Waals surface area contributed by atoms with E-state index in [1.54, 1.807) is 23.4 Å². The van der Waals surface area contributed by atoms with E-state index in [9.17, 15) is 19.5 Å². The minimum absolute atomic E-state index is 0.0478. The van der Waals surface area contributed by atoms with Crippen LogP contribution in [-0.2, 0) is 35.1 Å². The predicted molar refractivity (Wildman–Crippen MR) is 207 cm³/mol. The summed E-state index contributed by atoms with van der Waals surface area (Å²) in [4.78, 5) is 45.2. The van der Waals surface area contributed by atoms with Crippen LogP contribution in [-0.4, -0.2) is 117 Å². The summed E-state index contributed by atoms with van der Waals surface area (Å²) < 4.78 is 26.7. The number of allylic oxidation sites excluding steroid dienone is 1. The molecule has 1 aromatic heterocycles. The van der Waals surface area contributed by atoms with E-state index in [1.807, 2.05) is 77.2 Å². The van der Waals surface area contributed by atoms with Gasteiger partial charge in [-0.1, -0.05) is 44.2 Å². The van der Waals surface area contributed by atoms with Crippen LogP contribution in [0.5, 0.6) is 0 Å². The zero-order valence-electron chi connectivity index (χ0n) is 34.0. The van der Waals surface area contributed by atoms with Gasteiger partial charge in [-0.3, -0.25) is 14.3 Å². The number of unbranched alkanes of at least 4 members (excludes halogenated alkanes) is 1. The number of Topliss-reactive ketones (excluding diaryl/α,β-unsaturated/α-hetero) is 1. The molecule has 14 heteroatoms. The predicted octanol–water partition coefficient (Wildman–Crippen LogP) is 5.24. The van der Waals surface area contributed by atoms with Gasteiger partial charge in [-0.05, 0) is 104 Å². The van der Waals surface area contributed by atoms with Gasteiger partial charge in [0, 0.05) is 36.3 Å². The van der Waals surface area contributed by atoms with Gasteiger partial charge >= 0.3 is 12.1 Å². The van der Waals surface area contributed by atoms with Crippen molar-refractivity contribution in [3.8, 4) is 11.3 Å². The molecule has 11 atom stereocenters. The molecule has 14 nitrogen and oxygen atoms in total. The van der Waals surface area contributed by atoms with Crippen molar-refractivity contribution >= 4 is 23.5 Å². The number of hydrogen-bond acceptors (Lipinski definition) is 12. The van der Waals surface area contributed by atoms with E-state index in [0.29, 0.717) is 50.9 Å². The lowest BCUT2D eigenvalue weighted by Gasteiger charge is -2.43. The molecule has 1 amide bonds. The number of aromatic nitrogens is 3. The molecular formula is C41H62N6O8. The Morgan fingerprint density at radius 1 is 1.11 bits per heavy atom. The van der Waals surface area contributed by atoms with Gasteiger partial charge in [-0.25, -0.2) is 4.79 Å². The zero-order chi connectivity index (χ0) is 40.2. The summed E-state index contributed by atoms with van der Waals surface area (Å²) in [6.45, 7) is 14.1. The summed E-state index contributed by atoms with van der Waals surface area (Å²) in [5.41, 5.74) is 7.90. The third-order valence-corrected chi connectivity index (χ3v) is 11.8. The number of ether oxygens (including phenoxy) is 4. The molecule has 2 aromatic rings. The van der Waals surface area contributed by atoms with Gasteiger partial charge in [0.1, 0.15) is 23.8 Å². The average molecular weight is 767 g/mol. The topological polar surface area (TPSA) is 172 Å². The number of carbonyl (C=O) groups excluding carboxylic acids is 3. The molecule has 304 valence electrons. The summed E-state index contributed by atoms with van der Waals surface area (Å²) in [6.07, 6.45) is 3.68. The van der Waals surface area contributed by atoms with E-state index >= 15 is 0 Å². The van der Waals surface area contributed by atoms with Gasteiger partial charge in [-0.15, -0.1) is 5.10 Å². The number of aliphatic hydroxyl groups is 1. The molecule has 2 fully saturated rings. The second-order valence-corrected chi connectivity index (χ2v) is 16.3. The molecule has 5 rings (SSSR count). The summed E-state index contributed by atoms with van der Waals surface area (Å²) in [6, 6.07) is 6.92. The number of hydrogen-bond donors (Lipinski definition) is 2. The number of cyclic esters (lactones) is 1. The summed E-state index contributed by atoms with van der Waals surface area (Å²) in [5.74, 6) is -2.92. The number of aliphatic hydroxyl groups excluding tert-OH is 1. The number of nitrogens with two attached hydrogens (primary N) is 1. The molecule has 55 heavy (non-hydrogen) atoms. The molecule has 2 saturated heterocycles. The van der Waals surface area contributed by atoms with Crippen molar-refractivity contribution in [2.24, 2.45) is 17.8 Å². The number of amides is 1. The van der Waals surface area contributed by atoms with Crippen molar-refractivity contribution in [3.63, 3.8) is 0 Å². The largest absolute Gasteiger partial charge is 0.458 e. The number of anilines is 1. The van der Waals surface area contributed by atoms with Gasteiger partial charge in [-0.2, -0.15) is 0 Å². The highest BCUT2D eigenvalue weighted by Gasteiger charge is 2.58. The average Bonchev–Trinajstić information content (AvgIpc) is 3.72. The molecule has 3 N–H and O–H groups in total. The number of esters is 1. The van der Waals surface area contributed by atoms with Gasteiger partial charge in [0.25, 0.3) is 0 Å². The minimum Gasteiger partial charge on any atom is -0.458 e. The first-order chi connectivity index (χ1) is 26.0. The van der Waals surface area contributed by atoms with Gasteiger partial charge in [0.05, 0.1) is 24.4 Å². The molecule has 1 aromatic carbocycles. The Kier molecular flexibility index (Phi) is 13.8. The Labute approximate surface area is 325 Å². The van der Waals surface area contributed by atoms with Crippen LogP contribution < -0.4 is 5.73 Å². The van der Waals surface area contributed by atoms with Gasteiger partial charge in [0.15, 0.2) is 17.7 Å². The second-order valence-electron chi connectivity index (χ2n) is 16.3. The van der Waals surface area contributed by atoms with Crippen LogP contribution in [0.4, 0.5) is 10.5 Å². The highest BCUT2D eigenvalue weighted by Crippen LogP contribution is 2.42. The normalized spacial score (nSPS) is 34.8. The van der Waals surface area contributed by atoms with Crippen molar-refractivity contribution in [2.45, 2.75) is 142 Å². The molecule has 0 radical (unpaired) electrons. The lowest BCUT2D eigenvalue weighted by atomic mass is 9.79. The van der Waals surface area contributed by atoms with Crippen LogP contribution in [0.2, 0.25) is 0 Å². The third-order valence-electron chi connectivity index (χ3n) is 11.8. The number of aryl methyl sites for hydroxylation is 1. The smallest absolute Gasteiger partial charge is 0.410 e. The van der Waals surface area contributed by atoms with Crippen LogP contribution >= 0.6 is 0 Å². The molecular weight excluding hydrogens is 704 g/mol. The number of nitrogen functional groups attached to an aromatic ring is 1. The van der Waals surface area contributed by atoms with Gasteiger partial charge < -0.3 is 39.6 Å². The molecule has 3 unspecified atom stereocenters. The first-order valence-electron chi connectivity index (χ1n) is 19.9. The van der Waals surface area contributed by atoms with Crippen molar-refractivity contribution in [2.75, 3.05) is 26.4 Å². The fraction of sp³-hybridized carbons (Fsp3) is 0.683. The van der Waals surface area contributed by atoms with E-state index in [-0.39, 0.29) is 23.8 Å². The number of carbonyl (C=O) groups is 3. The first-order valence-corrected chi connectivity index (χ1v) is 19.9. The van der Waals surface area contributed by atoms with E-state index in [1.165, 1.54) is 0 Å². The highest BCUT2D eigenvalue weighted by molar-refractivity contribution is 6.00. The van der Waals surface area contributed by atoms with Crippen LogP contribution in [0.15, 0.2) is 42.1 Å². The van der Waals surface area contributed by atoms with E-state index in [2.05, 4.69) is 23.3 Å². The monoisotopic (exact) mass is 766 g/mol. The number of likely N-dealkylation sites (N-methyl/N-ethyl adjacent to an activating group) is 1. The van der Waals surface area contributed by atoms with E-state index in [0.717, 1.165) is 23.3 Å². The maximum Gasteiger partial charge on any atom is 0.410 e. The molecule has 4 heterocycles. The summed E-state index contributed by atoms with van der Waals surface area (Å²) >= 11 is 0. The number of benzene rings is 1. The lowest BCUT2D eigenvalue weighted by Crippen LogP contribution is -2.56. The number of fused-ring (bicyclic) bond motifs is 1. The Bertz CT molecular complexity index is 1680.